The van der Waals surface area contributed by atoms with Crippen LogP contribution in [0.4, 0.5) is 5.69 Å². The maximum atomic E-state index is 10.2. The van der Waals surface area contributed by atoms with Crippen molar-refractivity contribution in [2.75, 3.05) is 18.0 Å². The number of aliphatic hydroxyl groups is 1. The number of para-hydroxylation sites is 1. The van der Waals surface area contributed by atoms with Crippen LogP contribution in [-0.4, -0.2) is 18.2 Å². The van der Waals surface area contributed by atoms with Gasteiger partial charge < -0.3 is 10.0 Å². The highest BCUT2D eigenvalue weighted by Gasteiger charge is 2.19. The summed E-state index contributed by atoms with van der Waals surface area (Å²) in [7, 11) is 0. The normalized spacial score (nSPS) is 15.3. The highest BCUT2D eigenvalue weighted by atomic mass is 16.3. The first-order chi connectivity index (χ1) is 9.34. The van der Waals surface area contributed by atoms with E-state index in [1.54, 1.807) is 0 Å². The van der Waals surface area contributed by atoms with Crippen LogP contribution in [0.2, 0.25) is 0 Å². The number of hydrogen-bond acceptors (Lipinski definition) is 2. The van der Waals surface area contributed by atoms with Gasteiger partial charge in [0, 0.05) is 18.8 Å². The van der Waals surface area contributed by atoms with Crippen molar-refractivity contribution < 1.29 is 5.11 Å². The third kappa shape index (κ3) is 2.64. The summed E-state index contributed by atoms with van der Waals surface area (Å²) in [6, 6.07) is 18.5. The van der Waals surface area contributed by atoms with E-state index in [9.17, 15) is 5.11 Å². The molecule has 1 aliphatic heterocycles. The monoisotopic (exact) mass is 253 g/mol. The second-order valence-electron chi connectivity index (χ2n) is 5.08. The smallest absolute Gasteiger partial charge is 0.0806 e. The zero-order valence-electron chi connectivity index (χ0n) is 11.0. The van der Waals surface area contributed by atoms with E-state index in [0.717, 1.165) is 31.5 Å². The van der Waals surface area contributed by atoms with Gasteiger partial charge in [-0.15, -0.1) is 0 Å². The summed E-state index contributed by atoms with van der Waals surface area (Å²) >= 11 is 0. The van der Waals surface area contributed by atoms with Crippen LogP contribution in [0.3, 0.4) is 0 Å². The predicted molar refractivity (Wildman–Crippen MR) is 78.4 cm³/mol. The maximum absolute atomic E-state index is 10.2. The molecule has 2 heteroatoms. The SMILES string of the molecule is OC(CCN1CCc2ccccc21)c1ccccc1. The van der Waals surface area contributed by atoms with Gasteiger partial charge in [-0.3, -0.25) is 0 Å². The minimum absolute atomic E-state index is 0.367. The van der Waals surface area contributed by atoms with Crippen molar-refractivity contribution in [3.05, 3.63) is 65.7 Å². The van der Waals surface area contributed by atoms with Crippen molar-refractivity contribution in [3.63, 3.8) is 0 Å². The number of nitrogens with zero attached hydrogens (tertiary/aromatic N) is 1. The Bertz CT molecular complexity index is 538. The molecule has 3 rings (SSSR count). The van der Waals surface area contributed by atoms with Gasteiger partial charge in [-0.1, -0.05) is 48.5 Å². The first kappa shape index (κ1) is 12.2. The number of hydrogen-bond donors (Lipinski definition) is 1. The lowest BCUT2D eigenvalue weighted by molar-refractivity contribution is 0.169. The minimum Gasteiger partial charge on any atom is -0.388 e. The van der Waals surface area contributed by atoms with Gasteiger partial charge in [0.15, 0.2) is 0 Å². The lowest BCUT2D eigenvalue weighted by atomic mass is 10.1. The summed E-state index contributed by atoms with van der Waals surface area (Å²) in [5, 5.41) is 10.2. The van der Waals surface area contributed by atoms with Crippen molar-refractivity contribution in [1.29, 1.82) is 0 Å². The lowest BCUT2D eigenvalue weighted by Crippen LogP contribution is -2.23. The molecule has 0 bridgehead atoms. The van der Waals surface area contributed by atoms with E-state index in [4.69, 9.17) is 0 Å². The molecule has 1 atom stereocenters. The first-order valence-corrected chi connectivity index (χ1v) is 6.90. The zero-order chi connectivity index (χ0) is 13.1. The molecule has 0 aromatic heterocycles. The molecule has 0 radical (unpaired) electrons. The third-order valence-electron chi connectivity index (χ3n) is 3.84. The summed E-state index contributed by atoms with van der Waals surface area (Å²) < 4.78 is 0. The van der Waals surface area contributed by atoms with E-state index >= 15 is 0 Å². The Kier molecular flexibility index (Phi) is 3.51. The second kappa shape index (κ2) is 5.45. The molecule has 1 unspecified atom stereocenters. The van der Waals surface area contributed by atoms with Gasteiger partial charge >= 0.3 is 0 Å². The van der Waals surface area contributed by atoms with Gasteiger partial charge in [0.05, 0.1) is 6.10 Å². The van der Waals surface area contributed by atoms with Crippen LogP contribution in [0.1, 0.15) is 23.7 Å². The molecule has 0 amide bonds. The van der Waals surface area contributed by atoms with Crippen LogP contribution in [-0.2, 0) is 6.42 Å². The van der Waals surface area contributed by atoms with Crippen LogP contribution in [0.25, 0.3) is 0 Å². The Balaban J connectivity index is 1.62. The fourth-order valence-electron chi connectivity index (χ4n) is 2.76. The average molecular weight is 253 g/mol. The molecule has 19 heavy (non-hydrogen) atoms. The van der Waals surface area contributed by atoms with Crippen molar-refractivity contribution in [1.82, 2.24) is 0 Å². The van der Waals surface area contributed by atoms with E-state index in [-0.39, 0.29) is 6.10 Å². The Morgan fingerprint density at radius 2 is 1.74 bits per heavy atom. The van der Waals surface area contributed by atoms with Gasteiger partial charge in [0.25, 0.3) is 0 Å². The summed E-state index contributed by atoms with van der Waals surface area (Å²) in [6.07, 6.45) is 1.53. The predicted octanol–water partition coefficient (Wildman–Crippen LogP) is 3.17. The van der Waals surface area contributed by atoms with Crippen molar-refractivity contribution in [2.45, 2.75) is 18.9 Å². The number of benzene rings is 2. The summed E-state index contributed by atoms with van der Waals surface area (Å²) in [5.74, 6) is 0. The Morgan fingerprint density at radius 3 is 2.58 bits per heavy atom. The molecule has 1 aliphatic rings. The minimum atomic E-state index is -0.367. The van der Waals surface area contributed by atoms with Crippen molar-refractivity contribution in [2.24, 2.45) is 0 Å². The molecular formula is C17H19NO. The molecule has 1 N–H and O–H groups in total. The highest BCUT2D eigenvalue weighted by molar-refractivity contribution is 5.57. The van der Waals surface area contributed by atoms with Gasteiger partial charge in [-0.05, 0) is 30.0 Å². The molecule has 0 saturated heterocycles. The summed E-state index contributed by atoms with van der Waals surface area (Å²) in [6.45, 7) is 1.98. The molecule has 0 spiro atoms. The number of aliphatic hydroxyl groups excluding tert-OH is 1. The first-order valence-electron chi connectivity index (χ1n) is 6.90. The van der Waals surface area contributed by atoms with Gasteiger partial charge in [0.1, 0.15) is 0 Å². The van der Waals surface area contributed by atoms with Crippen LogP contribution in [0.5, 0.6) is 0 Å². The quantitative estimate of drug-likeness (QED) is 0.904. The maximum Gasteiger partial charge on any atom is 0.0806 e. The van der Waals surface area contributed by atoms with Gasteiger partial charge in [-0.2, -0.15) is 0 Å². The topological polar surface area (TPSA) is 23.5 Å². The summed E-state index contributed by atoms with van der Waals surface area (Å²) in [4.78, 5) is 2.38. The molecule has 0 fully saturated rings. The van der Waals surface area contributed by atoms with Crippen LogP contribution in [0, 0.1) is 0 Å². The largest absolute Gasteiger partial charge is 0.388 e. The Morgan fingerprint density at radius 1 is 1.00 bits per heavy atom. The van der Waals surface area contributed by atoms with Crippen molar-refractivity contribution >= 4 is 5.69 Å². The summed E-state index contributed by atoms with van der Waals surface area (Å²) in [5.41, 5.74) is 3.77. The highest BCUT2D eigenvalue weighted by Crippen LogP contribution is 2.28. The standard InChI is InChI=1S/C17H19NO/c19-17(15-7-2-1-3-8-15)11-13-18-12-10-14-6-4-5-9-16(14)18/h1-9,17,19H,10-13H2. The van der Waals surface area contributed by atoms with Crippen LogP contribution < -0.4 is 4.90 Å². The molecule has 98 valence electrons. The number of rotatable bonds is 4. The molecule has 1 heterocycles. The van der Waals surface area contributed by atoms with E-state index in [1.165, 1.54) is 11.3 Å². The third-order valence-corrected chi connectivity index (χ3v) is 3.84. The van der Waals surface area contributed by atoms with E-state index < -0.39 is 0 Å². The van der Waals surface area contributed by atoms with E-state index in [2.05, 4.69) is 29.2 Å². The number of fused-ring (bicyclic) bond motifs is 1. The Labute approximate surface area is 114 Å². The fourth-order valence-corrected chi connectivity index (χ4v) is 2.76. The van der Waals surface area contributed by atoms with E-state index in [1.807, 2.05) is 30.3 Å². The van der Waals surface area contributed by atoms with E-state index in [0.29, 0.717) is 0 Å². The van der Waals surface area contributed by atoms with Crippen molar-refractivity contribution in [3.8, 4) is 0 Å². The molecule has 0 saturated carbocycles. The Hall–Kier alpha value is -1.80. The molecule has 0 aliphatic carbocycles. The lowest BCUT2D eigenvalue weighted by Gasteiger charge is -2.21. The number of anilines is 1. The molecule has 2 aromatic rings. The van der Waals surface area contributed by atoms with Crippen LogP contribution in [0.15, 0.2) is 54.6 Å². The fraction of sp³-hybridized carbons (Fsp3) is 0.294. The molecular weight excluding hydrogens is 234 g/mol. The van der Waals surface area contributed by atoms with Gasteiger partial charge in [0.2, 0.25) is 0 Å². The van der Waals surface area contributed by atoms with Crippen LogP contribution >= 0.6 is 0 Å². The van der Waals surface area contributed by atoms with Gasteiger partial charge in [-0.25, -0.2) is 0 Å². The zero-order valence-corrected chi connectivity index (χ0v) is 11.0. The average Bonchev–Trinajstić information content (AvgIpc) is 2.89. The molecule has 2 nitrogen and oxygen atoms in total. The molecule has 2 aromatic carbocycles. The second-order valence-corrected chi connectivity index (χ2v) is 5.08.